The van der Waals surface area contributed by atoms with Crippen LogP contribution in [0, 0.1) is 0 Å². The molecule has 1 heterocycles. The Labute approximate surface area is 126 Å². The van der Waals surface area contributed by atoms with E-state index in [9.17, 15) is 4.79 Å². The lowest BCUT2D eigenvalue weighted by Gasteiger charge is -2.21. The lowest BCUT2D eigenvalue weighted by molar-refractivity contribution is -0.133. The van der Waals surface area contributed by atoms with E-state index in [1.165, 1.54) is 0 Å². The summed E-state index contributed by atoms with van der Waals surface area (Å²) in [6.45, 7) is 6.98. The molecule has 0 spiro atoms. The first-order valence-electron chi connectivity index (χ1n) is 7.73. The Kier molecular flexibility index (Phi) is 3.56. The van der Waals surface area contributed by atoms with Gasteiger partial charge in [-0.1, -0.05) is 12.1 Å². The van der Waals surface area contributed by atoms with E-state index in [0.717, 1.165) is 37.1 Å². The van der Waals surface area contributed by atoms with Gasteiger partial charge in [0, 0.05) is 24.6 Å². The van der Waals surface area contributed by atoms with Gasteiger partial charge in [0.25, 0.3) is 5.91 Å². The molecule has 4 heteroatoms. The minimum Gasteiger partial charge on any atom is -0.483 e. The Morgan fingerprint density at radius 3 is 2.86 bits per heavy atom. The van der Waals surface area contributed by atoms with Gasteiger partial charge in [0.1, 0.15) is 5.60 Å². The summed E-state index contributed by atoms with van der Waals surface area (Å²) in [4.78, 5) is 14.1. The van der Waals surface area contributed by atoms with Crippen molar-refractivity contribution in [1.29, 1.82) is 0 Å². The van der Waals surface area contributed by atoms with Crippen LogP contribution < -0.4 is 9.47 Å². The second-order valence-corrected chi connectivity index (χ2v) is 6.48. The van der Waals surface area contributed by atoms with Crippen LogP contribution in [0.4, 0.5) is 0 Å². The third-order valence-corrected chi connectivity index (χ3v) is 4.05. The number of nitrogens with zero attached hydrogens (tertiary/aromatic N) is 1. The maximum absolute atomic E-state index is 12.2. The summed E-state index contributed by atoms with van der Waals surface area (Å²) in [6.07, 6.45) is 3.12. The number of para-hydroxylation sites is 1. The Balaban J connectivity index is 1.67. The van der Waals surface area contributed by atoms with E-state index >= 15 is 0 Å². The number of carbonyl (C=O) groups excluding carboxylic acids is 1. The molecule has 1 aliphatic carbocycles. The van der Waals surface area contributed by atoms with Crippen LogP contribution >= 0.6 is 0 Å². The Bertz CT molecular complexity index is 549. The van der Waals surface area contributed by atoms with Gasteiger partial charge in [0.2, 0.25) is 0 Å². The molecule has 1 aromatic rings. The van der Waals surface area contributed by atoms with Crippen LogP contribution in [0.2, 0.25) is 0 Å². The molecule has 4 nitrogen and oxygen atoms in total. The number of likely N-dealkylation sites (N-methyl/N-ethyl adjacent to an activating group) is 1. The fourth-order valence-electron chi connectivity index (χ4n) is 2.95. The number of amides is 1. The van der Waals surface area contributed by atoms with Crippen LogP contribution in [0.25, 0.3) is 0 Å². The maximum atomic E-state index is 12.2. The van der Waals surface area contributed by atoms with Gasteiger partial charge in [-0.3, -0.25) is 4.79 Å². The average Bonchev–Trinajstić information content (AvgIpc) is 3.19. The number of hydrogen-bond acceptors (Lipinski definition) is 3. The van der Waals surface area contributed by atoms with Gasteiger partial charge in [-0.2, -0.15) is 0 Å². The van der Waals surface area contributed by atoms with Crippen molar-refractivity contribution in [2.75, 3.05) is 13.2 Å². The zero-order chi connectivity index (χ0) is 15.0. The lowest BCUT2D eigenvalue weighted by atomic mass is 10.0. The van der Waals surface area contributed by atoms with E-state index in [-0.39, 0.29) is 18.1 Å². The highest BCUT2D eigenvalue weighted by Crippen LogP contribution is 2.41. The van der Waals surface area contributed by atoms with Crippen molar-refractivity contribution in [2.24, 2.45) is 0 Å². The number of hydrogen-bond donors (Lipinski definition) is 0. The number of rotatable bonds is 5. The highest BCUT2D eigenvalue weighted by Gasteiger charge is 2.34. The Morgan fingerprint density at radius 1 is 1.43 bits per heavy atom. The van der Waals surface area contributed by atoms with Crippen LogP contribution in [-0.4, -0.2) is 35.6 Å². The number of fused-ring (bicyclic) bond motifs is 1. The number of carbonyl (C=O) groups is 1. The second-order valence-electron chi connectivity index (χ2n) is 6.48. The normalized spacial score (nSPS) is 18.8. The van der Waals surface area contributed by atoms with Gasteiger partial charge in [0.05, 0.1) is 0 Å². The first-order valence-corrected chi connectivity index (χ1v) is 7.73. The molecule has 1 fully saturated rings. The summed E-state index contributed by atoms with van der Waals surface area (Å²) in [5.41, 5.74) is 0.953. The summed E-state index contributed by atoms with van der Waals surface area (Å²) in [6, 6.07) is 6.33. The quantitative estimate of drug-likeness (QED) is 0.836. The molecule has 21 heavy (non-hydrogen) atoms. The molecule has 0 unspecified atom stereocenters. The molecule has 3 rings (SSSR count). The maximum Gasteiger partial charge on any atom is 0.260 e. The van der Waals surface area contributed by atoms with Gasteiger partial charge >= 0.3 is 0 Å². The predicted molar refractivity (Wildman–Crippen MR) is 80.8 cm³/mol. The molecule has 1 saturated carbocycles. The minimum atomic E-state index is -0.199. The molecule has 0 N–H and O–H groups in total. The van der Waals surface area contributed by atoms with Crippen LogP contribution in [0.15, 0.2) is 18.2 Å². The van der Waals surface area contributed by atoms with E-state index in [4.69, 9.17) is 9.47 Å². The van der Waals surface area contributed by atoms with Crippen molar-refractivity contribution in [1.82, 2.24) is 4.90 Å². The van der Waals surface area contributed by atoms with Crippen LogP contribution in [0.1, 0.15) is 39.2 Å². The standard InChI is InChI=1S/C17H23NO3/c1-4-18(13-8-9-13)15(19)11-20-14-7-5-6-12-10-17(2,3)21-16(12)14/h5-7,13H,4,8-11H2,1-3H3. The van der Waals surface area contributed by atoms with Crippen LogP contribution in [0.5, 0.6) is 11.5 Å². The molecule has 0 radical (unpaired) electrons. The summed E-state index contributed by atoms with van der Waals surface area (Å²) < 4.78 is 11.7. The zero-order valence-corrected chi connectivity index (χ0v) is 13.0. The second kappa shape index (κ2) is 5.24. The van der Waals surface area contributed by atoms with Crippen molar-refractivity contribution in [3.05, 3.63) is 23.8 Å². The van der Waals surface area contributed by atoms with E-state index in [1.807, 2.05) is 24.0 Å². The van der Waals surface area contributed by atoms with E-state index in [1.54, 1.807) is 0 Å². The van der Waals surface area contributed by atoms with Crippen molar-refractivity contribution in [3.8, 4) is 11.5 Å². The fourth-order valence-corrected chi connectivity index (χ4v) is 2.95. The molecule has 0 aromatic heterocycles. The first kappa shape index (κ1) is 14.2. The van der Waals surface area contributed by atoms with Gasteiger partial charge in [-0.05, 0) is 39.7 Å². The molecule has 114 valence electrons. The molecule has 1 aromatic carbocycles. The van der Waals surface area contributed by atoms with Crippen molar-refractivity contribution in [2.45, 2.75) is 51.7 Å². The predicted octanol–water partition coefficient (Wildman–Crippen LogP) is 2.79. The summed E-state index contributed by atoms with van der Waals surface area (Å²) in [5.74, 6) is 1.54. The smallest absolute Gasteiger partial charge is 0.260 e. The molecule has 0 atom stereocenters. The molecule has 0 bridgehead atoms. The summed E-state index contributed by atoms with van der Waals surface area (Å²) in [5, 5.41) is 0. The average molecular weight is 289 g/mol. The molecule has 1 aliphatic heterocycles. The first-order chi connectivity index (χ1) is 10.00. The summed E-state index contributed by atoms with van der Waals surface area (Å²) >= 11 is 0. The highest BCUT2D eigenvalue weighted by molar-refractivity contribution is 5.78. The monoisotopic (exact) mass is 289 g/mol. The van der Waals surface area contributed by atoms with Gasteiger partial charge in [0.15, 0.2) is 18.1 Å². The molecular formula is C17H23NO3. The van der Waals surface area contributed by atoms with Gasteiger partial charge in [-0.15, -0.1) is 0 Å². The van der Waals surface area contributed by atoms with E-state index < -0.39 is 0 Å². The third kappa shape index (κ3) is 2.99. The van der Waals surface area contributed by atoms with E-state index in [0.29, 0.717) is 11.8 Å². The summed E-state index contributed by atoms with van der Waals surface area (Å²) in [7, 11) is 0. The Hall–Kier alpha value is -1.71. The third-order valence-electron chi connectivity index (χ3n) is 4.05. The lowest BCUT2D eigenvalue weighted by Crippen LogP contribution is -2.36. The highest BCUT2D eigenvalue weighted by atomic mass is 16.5. The number of ether oxygens (including phenoxy) is 2. The van der Waals surface area contributed by atoms with Crippen molar-refractivity contribution < 1.29 is 14.3 Å². The number of benzene rings is 1. The van der Waals surface area contributed by atoms with Gasteiger partial charge < -0.3 is 14.4 Å². The molecular weight excluding hydrogens is 266 g/mol. The topological polar surface area (TPSA) is 38.8 Å². The van der Waals surface area contributed by atoms with Crippen molar-refractivity contribution in [3.63, 3.8) is 0 Å². The van der Waals surface area contributed by atoms with E-state index in [2.05, 4.69) is 19.9 Å². The molecule has 2 aliphatic rings. The van der Waals surface area contributed by atoms with Crippen molar-refractivity contribution >= 4 is 5.91 Å². The zero-order valence-electron chi connectivity index (χ0n) is 13.0. The molecule has 0 saturated heterocycles. The van der Waals surface area contributed by atoms with Gasteiger partial charge in [-0.25, -0.2) is 0 Å². The fraction of sp³-hybridized carbons (Fsp3) is 0.588. The Morgan fingerprint density at radius 2 is 2.19 bits per heavy atom. The SMILES string of the molecule is CCN(C(=O)COc1cccc2c1OC(C)(C)C2)C1CC1. The molecule has 1 amide bonds. The van der Waals surface area contributed by atoms with Crippen LogP contribution in [0.3, 0.4) is 0 Å². The largest absolute Gasteiger partial charge is 0.483 e. The minimum absolute atomic E-state index is 0.0647. The van der Waals surface area contributed by atoms with Crippen LogP contribution in [-0.2, 0) is 11.2 Å².